The smallest absolute Gasteiger partial charge is 0.253 e. The van der Waals surface area contributed by atoms with E-state index in [0.29, 0.717) is 11.6 Å². The van der Waals surface area contributed by atoms with Gasteiger partial charge >= 0.3 is 0 Å². The molecule has 1 fully saturated rings. The lowest BCUT2D eigenvalue weighted by atomic mass is 10.0. The number of carbonyl (C=O) groups excluding carboxylic acids is 2. The third-order valence-electron chi connectivity index (χ3n) is 5.75. The third-order valence-corrected chi connectivity index (χ3v) is 5.99. The topological polar surface area (TPSA) is 63.1 Å². The normalized spacial score (nSPS) is 14.5. The van der Waals surface area contributed by atoms with E-state index < -0.39 is 0 Å². The Balaban J connectivity index is 1.61. The molecule has 6 heteroatoms. The Kier molecular flexibility index (Phi) is 5.82. The van der Waals surface area contributed by atoms with Crippen LogP contribution in [0.5, 0.6) is 0 Å². The fourth-order valence-corrected chi connectivity index (χ4v) is 4.17. The second-order valence-corrected chi connectivity index (χ2v) is 8.22. The summed E-state index contributed by atoms with van der Waals surface area (Å²) in [7, 11) is 0. The number of aromatic nitrogens is 1. The number of halogens is 1. The maximum atomic E-state index is 13.2. The summed E-state index contributed by atoms with van der Waals surface area (Å²) < 4.78 is 2.26. The Hall–Kier alpha value is -2.79. The second-order valence-electron chi connectivity index (χ2n) is 7.96. The van der Waals surface area contributed by atoms with Gasteiger partial charge in [-0.15, -0.1) is 11.6 Å². The highest BCUT2D eigenvalue weighted by Gasteiger charge is 2.29. The predicted molar refractivity (Wildman–Crippen MR) is 120 cm³/mol. The Morgan fingerprint density at radius 3 is 2.53 bits per heavy atom. The predicted octanol–water partition coefficient (Wildman–Crippen LogP) is 4.42. The number of aryl methyl sites for hydroxylation is 1. The molecule has 0 aliphatic heterocycles. The second kappa shape index (κ2) is 8.52. The molecule has 4 rings (SSSR count). The summed E-state index contributed by atoms with van der Waals surface area (Å²) in [4.78, 5) is 24.9. The van der Waals surface area contributed by atoms with E-state index in [9.17, 15) is 9.59 Å². The van der Waals surface area contributed by atoms with Crippen molar-refractivity contribution in [3.8, 4) is 0 Å². The van der Waals surface area contributed by atoms with Crippen LogP contribution >= 0.6 is 11.6 Å². The zero-order valence-electron chi connectivity index (χ0n) is 17.2. The highest BCUT2D eigenvalue weighted by molar-refractivity contribution is 6.27. The molecule has 1 saturated carbocycles. The van der Waals surface area contributed by atoms with E-state index in [1.807, 2.05) is 50.2 Å². The van der Waals surface area contributed by atoms with Gasteiger partial charge in [-0.2, -0.15) is 0 Å². The minimum absolute atomic E-state index is 0.110. The van der Waals surface area contributed by atoms with Crippen molar-refractivity contribution in [3.05, 3.63) is 71.0 Å². The maximum Gasteiger partial charge on any atom is 0.253 e. The van der Waals surface area contributed by atoms with Gasteiger partial charge < -0.3 is 15.2 Å². The van der Waals surface area contributed by atoms with Gasteiger partial charge in [-0.1, -0.05) is 36.4 Å². The van der Waals surface area contributed by atoms with Gasteiger partial charge in [0.25, 0.3) is 5.91 Å². The van der Waals surface area contributed by atoms with Crippen molar-refractivity contribution in [2.24, 2.45) is 0 Å². The van der Waals surface area contributed by atoms with Crippen molar-refractivity contribution in [2.45, 2.75) is 38.8 Å². The number of alkyl halides is 1. The molecular weight excluding hydrogens is 398 g/mol. The van der Waals surface area contributed by atoms with E-state index in [0.717, 1.165) is 27.7 Å². The number of fused-ring (bicyclic) bond motifs is 1. The van der Waals surface area contributed by atoms with Crippen molar-refractivity contribution in [1.29, 1.82) is 0 Å². The molecule has 3 aromatic rings. The van der Waals surface area contributed by atoms with E-state index in [4.69, 9.17) is 11.6 Å². The molecule has 2 amide bonds. The molecule has 2 aromatic carbocycles. The SMILES string of the molecule is Cc1cc(C(=O)NC(CNC(=O)CCl)c2ccc3ccccc3c2)c(C)n1C1CC1. The van der Waals surface area contributed by atoms with Gasteiger partial charge in [0.1, 0.15) is 5.88 Å². The Bertz CT molecular complexity index is 1100. The molecule has 1 heterocycles. The number of benzene rings is 2. The summed E-state index contributed by atoms with van der Waals surface area (Å²) in [6, 6.07) is 16.3. The van der Waals surface area contributed by atoms with Crippen LogP contribution in [0.25, 0.3) is 10.8 Å². The van der Waals surface area contributed by atoms with Crippen LogP contribution in [0.1, 0.15) is 52.2 Å². The largest absolute Gasteiger partial charge is 0.353 e. The average Bonchev–Trinajstić information content (AvgIpc) is 3.54. The van der Waals surface area contributed by atoms with Crippen LogP contribution in [0.15, 0.2) is 48.5 Å². The minimum Gasteiger partial charge on any atom is -0.353 e. The summed E-state index contributed by atoms with van der Waals surface area (Å²) in [6.07, 6.45) is 2.34. The molecule has 1 aromatic heterocycles. The molecule has 5 nitrogen and oxygen atoms in total. The van der Waals surface area contributed by atoms with E-state index in [1.54, 1.807) is 0 Å². The highest BCUT2D eigenvalue weighted by Crippen LogP contribution is 2.38. The highest BCUT2D eigenvalue weighted by atomic mass is 35.5. The number of hydrogen-bond donors (Lipinski definition) is 2. The van der Waals surface area contributed by atoms with Crippen LogP contribution in [0, 0.1) is 13.8 Å². The van der Waals surface area contributed by atoms with Crippen molar-refractivity contribution in [2.75, 3.05) is 12.4 Å². The molecule has 0 spiro atoms. The molecule has 0 radical (unpaired) electrons. The molecule has 0 bridgehead atoms. The molecule has 1 aliphatic carbocycles. The van der Waals surface area contributed by atoms with E-state index in [1.165, 1.54) is 12.8 Å². The molecule has 1 unspecified atom stereocenters. The lowest BCUT2D eigenvalue weighted by Crippen LogP contribution is -2.38. The van der Waals surface area contributed by atoms with Crippen LogP contribution in [-0.4, -0.2) is 28.8 Å². The molecule has 1 aliphatic rings. The van der Waals surface area contributed by atoms with Crippen molar-refractivity contribution < 1.29 is 9.59 Å². The monoisotopic (exact) mass is 423 g/mol. The Labute approximate surface area is 181 Å². The van der Waals surface area contributed by atoms with Crippen LogP contribution in [0.4, 0.5) is 0 Å². The van der Waals surface area contributed by atoms with Crippen molar-refractivity contribution >= 4 is 34.2 Å². The lowest BCUT2D eigenvalue weighted by molar-refractivity contribution is -0.118. The van der Waals surface area contributed by atoms with Gasteiger partial charge in [0.2, 0.25) is 5.91 Å². The molecule has 156 valence electrons. The van der Waals surface area contributed by atoms with Gasteiger partial charge in [-0.25, -0.2) is 0 Å². The minimum atomic E-state index is -0.363. The Morgan fingerprint density at radius 1 is 1.10 bits per heavy atom. The first kappa shape index (κ1) is 20.5. The molecule has 0 saturated heterocycles. The summed E-state index contributed by atoms with van der Waals surface area (Å²) in [6.45, 7) is 4.32. The first-order valence-corrected chi connectivity index (χ1v) is 10.8. The molecule has 2 N–H and O–H groups in total. The quantitative estimate of drug-likeness (QED) is 0.552. The number of carbonyl (C=O) groups is 2. The standard InChI is InChI=1S/C24H26ClN3O2/c1-15-11-21(16(2)28(15)20-9-10-20)24(30)27-22(14-26-23(29)13-25)19-8-7-17-5-3-4-6-18(17)12-19/h3-8,11-12,20,22H,9-10,13-14H2,1-2H3,(H,26,29)(H,27,30). The summed E-state index contributed by atoms with van der Waals surface area (Å²) in [5.41, 5.74) is 3.73. The van der Waals surface area contributed by atoms with Crippen LogP contribution < -0.4 is 10.6 Å². The van der Waals surface area contributed by atoms with E-state index in [2.05, 4.69) is 27.3 Å². The first-order chi connectivity index (χ1) is 14.5. The van der Waals surface area contributed by atoms with Crippen LogP contribution in [0.3, 0.4) is 0 Å². The number of amides is 2. The molecule has 30 heavy (non-hydrogen) atoms. The average molecular weight is 424 g/mol. The first-order valence-electron chi connectivity index (χ1n) is 10.3. The Morgan fingerprint density at radius 2 is 1.83 bits per heavy atom. The maximum absolute atomic E-state index is 13.2. The van der Waals surface area contributed by atoms with E-state index >= 15 is 0 Å². The summed E-state index contributed by atoms with van der Waals surface area (Å²) in [5.74, 6) is -0.502. The fraction of sp³-hybridized carbons (Fsp3) is 0.333. The van der Waals surface area contributed by atoms with Gasteiger partial charge in [-0.3, -0.25) is 9.59 Å². The summed E-state index contributed by atoms with van der Waals surface area (Å²) >= 11 is 5.64. The van der Waals surface area contributed by atoms with Crippen LogP contribution in [-0.2, 0) is 4.79 Å². The zero-order chi connectivity index (χ0) is 21.3. The number of nitrogens with zero attached hydrogens (tertiary/aromatic N) is 1. The number of rotatable bonds is 7. The van der Waals surface area contributed by atoms with Crippen molar-refractivity contribution in [1.82, 2.24) is 15.2 Å². The fourth-order valence-electron chi connectivity index (χ4n) is 4.08. The van der Waals surface area contributed by atoms with E-state index in [-0.39, 0.29) is 30.3 Å². The van der Waals surface area contributed by atoms with Gasteiger partial charge in [0.15, 0.2) is 0 Å². The number of hydrogen-bond acceptors (Lipinski definition) is 2. The molecular formula is C24H26ClN3O2. The van der Waals surface area contributed by atoms with Crippen molar-refractivity contribution in [3.63, 3.8) is 0 Å². The third kappa shape index (κ3) is 4.21. The molecule has 1 atom stereocenters. The van der Waals surface area contributed by atoms with Crippen LogP contribution in [0.2, 0.25) is 0 Å². The van der Waals surface area contributed by atoms with Gasteiger partial charge in [0, 0.05) is 24.0 Å². The zero-order valence-corrected chi connectivity index (χ0v) is 18.0. The summed E-state index contributed by atoms with van der Waals surface area (Å²) in [5, 5.41) is 8.15. The lowest BCUT2D eigenvalue weighted by Gasteiger charge is -2.20. The van der Waals surface area contributed by atoms with Gasteiger partial charge in [0.05, 0.1) is 11.6 Å². The number of nitrogens with one attached hydrogen (secondary N) is 2. The van der Waals surface area contributed by atoms with Gasteiger partial charge in [-0.05, 0) is 55.2 Å².